The Balaban J connectivity index is 1.38. The Labute approximate surface area is 150 Å². The minimum Gasteiger partial charge on any atom is -0.474 e. The Bertz CT molecular complexity index is 856. The fourth-order valence-electron chi connectivity index (χ4n) is 2.86. The molecule has 1 saturated carbocycles. The molecule has 0 unspecified atom stereocenters. The Morgan fingerprint density at radius 1 is 1.12 bits per heavy atom. The zero-order valence-corrected chi connectivity index (χ0v) is 14.1. The van der Waals surface area contributed by atoms with Gasteiger partial charge in [-0.2, -0.15) is 0 Å². The molecule has 3 aromatic rings. The van der Waals surface area contributed by atoms with E-state index in [1.165, 1.54) is 19.0 Å². The average Bonchev–Trinajstić information content (AvgIpc) is 3.37. The van der Waals surface area contributed by atoms with Crippen LogP contribution < -0.4 is 10.1 Å². The molecule has 4 rings (SSSR count). The summed E-state index contributed by atoms with van der Waals surface area (Å²) in [5.74, 6) is 0.765. The number of amides is 1. The highest BCUT2D eigenvalue weighted by molar-refractivity contribution is 6.03. The van der Waals surface area contributed by atoms with Crippen LogP contribution >= 0.6 is 0 Å². The Morgan fingerprint density at radius 3 is 2.58 bits per heavy atom. The lowest BCUT2D eigenvalue weighted by Crippen LogP contribution is -2.14. The van der Waals surface area contributed by atoms with Gasteiger partial charge in [-0.15, -0.1) is 0 Å². The van der Waals surface area contributed by atoms with Crippen LogP contribution in [0.25, 0.3) is 5.95 Å². The number of imidazole rings is 1. The molecule has 3 aromatic heterocycles. The maximum Gasteiger partial charge on any atom is 0.257 e. The summed E-state index contributed by atoms with van der Waals surface area (Å²) in [6, 6.07) is 3.43. The molecule has 8 heteroatoms. The first-order chi connectivity index (χ1) is 12.8. The van der Waals surface area contributed by atoms with Crippen LogP contribution in [0.2, 0.25) is 0 Å². The van der Waals surface area contributed by atoms with E-state index in [1.807, 2.05) is 0 Å². The topological polar surface area (TPSA) is 94.8 Å². The minimum atomic E-state index is -0.274. The molecule has 8 nitrogen and oxygen atoms in total. The van der Waals surface area contributed by atoms with Crippen molar-refractivity contribution in [3.05, 3.63) is 55.0 Å². The lowest BCUT2D eigenvalue weighted by molar-refractivity contribution is 0.102. The number of carbonyl (C=O) groups excluding carboxylic acids is 1. The number of rotatable bonds is 5. The molecule has 0 aliphatic heterocycles. The van der Waals surface area contributed by atoms with E-state index in [9.17, 15) is 4.79 Å². The van der Waals surface area contributed by atoms with Gasteiger partial charge in [0.25, 0.3) is 5.91 Å². The summed E-state index contributed by atoms with van der Waals surface area (Å²) in [6.45, 7) is 0. The number of ether oxygens (including phenoxy) is 1. The zero-order chi connectivity index (χ0) is 17.8. The fraction of sp³-hybridized carbons (Fsp3) is 0.278. The summed E-state index contributed by atoms with van der Waals surface area (Å²) in [6.07, 6.45) is 14.4. The highest BCUT2D eigenvalue weighted by Crippen LogP contribution is 2.23. The maximum absolute atomic E-state index is 12.3. The molecule has 0 aromatic carbocycles. The zero-order valence-electron chi connectivity index (χ0n) is 14.1. The van der Waals surface area contributed by atoms with E-state index in [1.54, 1.807) is 47.8 Å². The van der Waals surface area contributed by atoms with Crippen molar-refractivity contribution in [3.63, 3.8) is 0 Å². The van der Waals surface area contributed by atoms with E-state index in [-0.39, 0.29) is 12.0 Å². The molecule has 0 saturated heterocycles. The number of carbonyl (C=O) groups is 1. The number of hydrogen-bond acceptors (Lipinski definition) is 6. The molecule has 26 heavy (non-hydrogen) atoms. The van der Waals surface area contributed by atoms with E-state index < -0.39 is 0 Å². The number of anilines is 1. The van der Waals surface area contributed by atoms with Crippen molar-refractivity contribution >= 4 is 11.6 Å². The quantitative estimate of drug-likeness (QED) is 0.760. The van der Waals surface area contributed by atoms with Crippen LogP contribution in [0.1, 0.15) is 36.0 Å². The second-order valence-electron chi connectivity index (χ2n) is 6.11. The summed E-state index contributed by atoms with van der Waals surface area (Å²) in [5, 5.41) is 2.75. The van der Waals surface area contributed by atoms with Crippen molar-refractivity contribution in [2.75, 3.05) is 5.32 Å². The Hall–Kier alpha value is -3.29. The van der Waals surface area contributed by atoms with Crippen molar-refractivity contribution in [2.24, 2.45) is 0 Å². The van der Waals surface area contributed by atoms with Gasteiger partial charge in [0.2, 0.25) is 11.8 Å². The SMILES string of the molecule is O=C(Nc1cnc(-n2ccnc2)nc1)c1ccc(OC2CCCC2)nc1. The lowest BCUT2D eigenvalue weighted by atomic mass is 10.2. The number of nitrogens with one attached hydrogen (secondary N) is 1. The fourth-order valence-corrected chi connectivity index (χ4v) is 2.86. The van der Waals surface area contributed by atoms with Gasteiger partial charge in [0.1, 0.15) is 12.4 Å². The first-order valence-electron chi connectivity index (χ1n) is 8.52. The number of aromatic nitrogens is 5. The van der Waals surface area contributed by atoms with Crippen LogP contribution in [0.3, 0.4) is 0 Å². The smallest absolute Gasteiger partial charge is 0.257 e. The molecule has 0 radical (unpaired) electrons. The van der Waals surface area contributed by atoms with Crippen molar-refractivity contribution in [3.8, 4) is 11.8 Å². The van der Waals surface area contributed by atoms with Crippen LogP contribution in [0.4, 0.5) is 5.69 Å². The van der Waals surface area contributed by atoms with Gasteiger partial charge in [-0.25, -0.2) is 19.9 Å². The third-order valence-corrected chi connectivity index (χ3v) is 4.22. The molecular formula is C18H18N6O2. The molecular weight excluding hydrogens is 332 g/mol. The monoisotopic (exact) mass is 350 g/mol. The predicted molar refractivity (Wildman–Crippen MR) is 94.2 cm³/mol. The Morgan fingerprint density at radius 2 is 1.92 bits per heavy atom. The van der Waals surface area contributed by atoms with Crippen LogP contribution in [0.5, 0.6) is 5.88 Å². The van der Waals surface area contributed by atoms with E-state index in [4.69, 9.17) is 4.74 Å². The van der Waals surface area contributed by atoms with Gasteiger partial charge in [-0.3, -0.25) is 9.36 Å². The minimum absolute atomic E-state index is 0.244. The van der Waals surface area contributed by atoms with E-state index in [0.717, 1.165) is 12.8 Å². The maximum atomic E-state index is 12.3. The van der Waals surface area contributed by atoms with Gasteiger partial charge in [0.15, 0.2) is 0 Å². The number of hydrogen-bond donors (Lipinski definition) is 1. The van der Waals surface area contributed by atoms with Gasteiger partial charge in [0.05, 0.1) is 23.6 Å². The van der Waals surface area contributed by atoms with Crippen molar-refractivity contribution in [1.82, 2.24) is 24.5 Å². The summed E-state index contributed by atoms with van der Waals surface area (Å²) in [7, 11) is 0. The molecule has 0 spiro atoms. The van der Waals surface area contributed by atoms with Gasteiger partial charge in [-0.1, -0.05) is 0 Å². The number of pyridine rings is 1. The lowest BCUT2D eigenvalue weighted by Gasteiger charge is -2.12. The molecule has 1 N–H and O–H groups in total. The molecule has 1 fully saturated rings. The normalized spacial score (nSPS) is 14.3. The summed E-state index contributed by atoms with van der Waals surface area (Å²) < 4.78 is 7.49. The largest absolute Gasteiger partial charge is 0.474 e. The van der Waals surface area contributed by atoms with Crippen LogP contribution in [-0.4, -0.2) is 36.5 Å². The Kier molecular flexibility index (Phi) is 4.55. The molecule has 1 aliphatic carbocycles. The predicted octanol–water partition coefficient (Wildman–Crippen LogP) is 2.63. The van der Waals surface area contributed by atoms with Crippen molar-refractivity contribution in [1.29, 1.82) is 0 Å². The van der Waals surface area contributed by atoms with Crippen molar-refractivity contribution < 1.29 is 9.53 Å². The molecule has 0 bridgehead atoms. The third kappa shape index (κ3) is 3.69. The van der Waals surface area contributed by atoms with Crippen molar-refractivity contribution in [2.45, 2.75) is 31.8 Å². The summed E-state index contributed by atoms with van der Waals surface area (Å²) in [5.41, 5.74) is 0.951. The van der Waals surface area contributed by atoms with E-state index in [0.29, 0.717) is 23.1 Å². The van der Waals surface area contributed by atoms with Gasteiger partial charge >= 0.3 is 0 Å². The second-order valence-corrected chi connectivity index (χ2v) is 6.11. The standard InChI is InChI=1S/C18H18N6O2/c25-17(13-5-6-16(20-9-13)26-15-3-1-2-4-15)23-14-10-21-18(22-11-14)24-8-7-19-12-24/h5-12,15H,1-4H2,(H,23,25). The first-order valence-corrected chi connectivity index (χ1v) is 8.52. The highest BCUT2D eigenvalue weighted by Gasteiger charge is 2.17. The molecule has 0 atom stereocenters. The average molecular weight is 350 g/mol. The van der Waals surface area contributed by atoms with Gasteiger partial charge in [0, 0.05) is 24.7 Å². The van der Waals surface area contributed by atoms with E-state index in [2.05, 4.69) is 25.3 Å². The first kappa shape index (κ1) is 16.2. The van der Waals surface area contributed by atoms with Crippen LogP contribution in [-0.2, 0) is 0 Å². The second kappa shape index (κ2) is 7.30. The molecule has 132 valence electrons. The molecule has 1 amide bonds. The van der Waals surface area contributed by atoms with Crippen LogP contribution in [0, 0.1) is 0 Å². The highest BCUT2D eigenvalue weighted by atomic mass is 16.5. The molecule has 3 heterocycles. The summed E-state index contributed by atoms with van der Waals surface area (Å²) >= 11 is 0. The van der Waals surface area contributed by atoms with E-state index >= 15 is 0 Å². The number of nitrogens with zero attached hydrogens (tertiary/aromatic N) is 5. The summed E-state index contributed by atoms with van der Waals surface area (Å²) in [4.78, 5) is 28.9. The molecule has 1 aliphatic rings. The van der Waals surface area contributed by atoms with Crippen LogP contribution in [0.15, 0.2) is 49.4 Å². The van der Waals surface area contributed by atoms with Gasteiger partial charge < -0.3 is 10.1 Å². The van der Waals surface area contributed by atoms with Gasteiger partial charge in [-0.05, 0) is 31.7 Å². The third-order valence-electron chi connectivity index (χ3n) is 4.22.